The maximum atomic E-state index is 14.4. The van der Waals surface area contributed by atoms with Crippen molar-refractivity contribution < 1.29 is 14.3 Å². The van der Waals surface area contributed by atoms with Gasteiger partial charge in [-0.05, 0) is 43.9 Å². The minimum absolute atomic E-state index is 0.130. The van der Waals surface area contributed by atoms with Gasteiger partial charge in [0.2, 0.25) is 0 Å². The summed E-state index contributed by atoms with van der Waals surface area (Å²) in [6.07, 6.45) is 4.06. The highest BCUT2D eigenvalue weighted by Gasteiger charge is 2.29. The Morgan fingerprint density at radius 1 is 1.48 bits per heavy atom. The van der Waals surface area contributed by atoms with Crippen molar-refractivity contribution in [3.63, 3.8) is 0 Å². The fourth-order valence-electron chi connectivity index (χ4n) is 3.29. The van der Waals surface area contributed by atoms with E-state index in [0.717, 1.165) is 36.1 Å². The van der Waals surface area contributed by atoms with Crippen molar-refractivity contribution in [1.29, 1.82) is 0 Å². The Kier molecular flexibility index (Phi) is 4.99. The third-order valence-corrected chi connectivity index (χ3v) is 4.47. The first-order valence-electron chi connectivity index (χ1n) is 8.45. The number of hydrogen-bond acceptors (Lipinski definition) is 3. The van der Waals surface area contributed by atoms with Crippen molar-refractivity contribution in [2.75, 3.05) is 19.7 Å². The molecule has 1 amide bonds. The second-order valence-corrected chi connectivity index (χ2v) is 6.26. The zero-order chi connectivity index (χ0) is 18.0. The lowest BCUT2D eigenvalue weighted by molar-refractivity contribution is 0.0735. The largest absolute Gasteiger partial charge is 0.395 e. The molecule has 0 atom stereocenters. The second kappa shape index (κ2) is 7.19. The quantitative estimate of drug-likeness (QED) is 0.820. The summed E-state index contributed by atoms with van der Waals surface area (Å²) >= 11 is 0. The van der Waals surface area contributed by atoms with E-state index in [1.54, 1.807) is 16.8 Å². The van der Waals surface area contributed by atoms with Crippen LogP contribution in [-0.4, -0.2) is 45.4 Å². The zero-order valence-electron chi connectivity index (χ0n) is 14.3. The van der Waals surface area contributed by atoms with Gasteiger partial charge in [0.1, 0.15) is 11.5 Å². The van der Waals surface area contributed by atoms with E-state index in [1.807, 2.05) is 13.0 Å². The number of hydrogen-bond donors (Lipinski definition) is 1. The van der Waals surface area contributed by atoms with Crippen LogP contribution in [0.3, 0.4) is 0 Å². The Morgan fingerprint density at radius 2 is 2.28 bits per heavy atom. The molecule has 0 spiro atoms. The molecule has 6 heteroatoms. The summed E-state index contributed by atoms with van der Waals surface area (Å²) in [5.41, 5.74) is 3.33. The number of nitrogens with zero attached hydrogens (tertiary/aromatic N) is 3. The van der Waals surface area contributed by atoms with E-state index >= 15 is 0 Å². The number of fused-ring (bicyclic) bond motifs is 1. The lowest BCUT2D eigenvalue weighted by Crippen LogP contribution is -2.34. The summed E-state index contributed by atoms with van der Waals surface area (Å²) in [7, 11) is 0. The summed E-state index contributed by atoms with van der Waals surface area (Å²) in [5.74, 6) is -0.604. The van der Waals surface area contributed by atoms with E-state index < -0.39 is 0 Å². The fraction of sp³-hybridized carbons (Fsp3) is 0.368. The minimum atomic E-state index is -0.352. The molecule has 0 saturated carbocycles. The number of rotatable bonds is 6. The van der Waals surface area contributed by atoms with Gasteiger partial charge in [0, 0.05) is 24.3 Å². The van der Waals surface area contributed by atoms with Crippen LogP contribution in [0.15, 0.2) is 30.9 Å². The molecule has 132 valence electrons. The third kappa shape index (κ3) is 3.22. The number of halogens is 1. The first-order chi connectivity index (χ1) is 12.1. The highest BCUT2D eigenvalue weighted by molar-refractivity contribution is 5.94. The van der Waals surface area contributed by atoms with Gasteiger partial charge in [-0.2, -0.15) is 5.10 Å². The van der Waals surface area contributed by atoms with Crippen LogP contribution in [0.25, 0.3) is 5.69 Å². The lowest BCUT2D eigenvalue weighted by Gasteiger charge is -2.19. The molecule has 1 aromatic heterocycles. The molecular weight excluding hydrogens is 321 g/mol. The van der Waals surface area contributed by atoms with Gasteiger partial charge in [0.05, 0.1) is 6.61 Å². The fourth-order valence-corrected chi connectivity index (χ4v) is 3.29. The number of amides is 1. The molecule has 0 bridgehead atoms. The smallest absolute Gasteiger partial charge is 0.275 e. The van der Waals surface area contributed by atoms with Gasteiger partial charge >= 0.3 is 0 Å². The van der Waals surface area contributed by atoms with Crippen LogP contribution in [0.5, 0.6) is 0 Å². The number of aromatic nitrogens is 2. The van der Waals surface area contributed by atoms with Crippen molar-refractivity contribution in [3.8, 4) is 5.69 Å². The number of aliphatic hydroxyl groups excluding tert-OH is 1. The maximum absolute atomic E-state index is 14.4. The third-order valence-electron chi connectivity index (χ3n) is 4.47. The minimum Gasteiger partial charge on any atom is -0.395 e. The molecule has 5 nitrogen and oxygen atoms in total. The topological polar surface area (TPSA) is 58.4 Å². The average molecular weight is 343 g/mol. The van der Waals surface area contributed by atoms with Gasteiger partial charge in [-0.25, -0.2) is 9.07 Å². The molecule has 3 rings (SSSR count). The van der Waals surface area contributed by atoms with Crippen molar-refractivity contribution in [3.05, 3.63) is 59.2 Å². The molecule has 0 fully saturated rings. The molecule has 1 heterocycles. The molecule has 2 aromatic rings. The Balaban J connectivity index is 2.05. The van der Waals surface area contributed by atoms with E-state index in [4.69, 9.17) is 0 Å². The molecule has 25 heavy (non-hydrogen) atoms. The number of benzene rings is 1. The second-order valence-electron chi connectivity index (χ2n) is 6.26. The number of aliphatic hydroxyl groups is 1. The van der Waals surface area contributed by atoms with Gasteiger partial charge in [-0.1, -0.05) is 12.1 Å². The molecule has 0 unspecified atom stereocenters. The van der Waals surface area contributed by atoms with Gasteiger partial charge < -0.3 is 10.0 Å². The van der Waals surface area contributed by atoms with Crippen LogP contribution in [-0.2, 0) is 12.8 Å². The van der Waals surface area contributed by atoms with Crippen LogP contribution in [0.1, 0.15) is 33.7 Å². The highest BCUT2D eigenvalue weighted by atomic mass is 19.1. The predicted octanol–water partition coefficient (Wildman–Crippen LogP) is 2.43. The molecule has 1 aliphatic rings. The van der Waals surface area contributed by atoms with Crippen molar-refractivity contribution in [2.24, 2.45) is 0 Å². The van der Waals surface area contributed by atoms with Gasteiger partial charge in [0.15, 0.2) is 5.69 Å². The summed E-state index contributed by atoms with van der Waals surface area (Å²) in [6.45, 7) is 5.90. The molecular formula is C19H22FN3O2. The first-order valence-corrected chi connectivity index (χ1v) is 8.45. The SMILES string of the molecule is C=CCN(CCO)C(=O)c1nn(-c2ccc(C)cc2F)c2c1CCC2. The summed E-state index contributed by atoms with van der Waals surface area (Å²) < 4.78 is 16.0. The van der Waals surface area contributed by atoms with Crippen molar-refractivity contribution >= 4 is 5.91 Å². The molecule has 0 saturated heterocycles. The average Bonchev–Trinajstić information content (AvgIpc) is 3.17. The van der Waals surface area contributed by atoms with Gasteiger partial charge in [-0.15, -0.1) is 6.58 Å². The standard InChI is InChI=1S/C19H22FN3O2/c1-3-9-22(10-11-24)19(25)18-14-5-4-6-16(14)23(21-18)17-8-7-13(2)12-15(17)20/h3,7-8,12,24H,1,4-6,9-11H2,2H3. The maximum Gasteiger partial charge on any atom is 0.275 e. The van der Waals surface area contributed by atoms with Gasteiger partial charge in [-0.3, -0.25) is 4.79 Å². The summed E-state index contributed by atoms with van der Waals surface area (Å²) in [4.78, 5) is 14.4. The van der Waals surface area contributed by atoms with E-state index in [-0.39, 0.29) is 24.9 Å². The monoisotopic (exact) mass is 343 g/mol. The molecule has 0 aliphatic heterocycles. The Hall–Kier alpha value is -2.47. The Bertz CT molecular complexity index is 813. The van der Waals surface area contributed by atoms with E-state index in [2.05, 4.69) is 11.7 Å². The van der Waals surface area contributed by atoms with E-state index in [1.165, 1.54) is 11.0 Å². The van der Waals surface area contributed by atoms with Crippen LogP contribution >= 0.6 is 0 Å². The number of aryl methyl sites for hydroxylation is 1. The van der Waals surface area contributed by atoms with Crippen LogP contribution in [0.2, 0.25) is 0 Å². The molecule has 0 radical (unpaired) electrons. The molecule has 1 aliphatic carbocycles. The van der Waals surface area contributed by atoms with Gasteiger partial charge in [0.25, 0.3) is 5.91 Å². The number of carbonyl (C=O) groups excluding carboxylic acids is 1. The van der Waals surface area contributed by atoms with E-state index in [0.29, 0.717) is 17.9 Å². The summed E-state index contributed by atoms with van der Waals surface area (Å²) in [6, 6.07) is 4.99. The molecule has 1 N–H and O–H groups in total. The first kappa shape index (κ1) is 17.4. The van der Waals surface area contributed by atoms with Crippen LogP contribution in [0.4, 0.5) is 4.39 Å². The summed E-state index contributed by atoms with van der Waals surface area (Å²) in [5, 5.41) is 13.6. The van der Waals surface area contributed by atoms with Crippen LogP contribution < -0.4 is 0 Å². The van der Waals surface area contributed by atoms with E-state index in [9.17, 15) is 14.3 Å². The highest BCUT2D eigenvalue weighted by Crippen LogP contribution is 2.29. The lowest BCUT2D eigenvalue weighted by atomic mass is 10.1. The Labute approximate surface area is 146 Å². The van der Waals surface area contributed by atoms with Crippen molar-refractivity contribution in [2.45, 2.75) is 26.2 Å². The Morgan fingerprint density at radius 3 is 2.96 bits per heavy atom. The molecule has 1 aromatic carbocycles. The predicted molar refractivity (Wildman–Crippen MR) is 93.5 cm³/mol. The van der Waals surface area contributed by atoms with Crippen molar-refractivity contribution in [1.82, 2.24) is 14.7 Å². The zero-order valence-corrected chi connectivity index (χ0v) is 14.3. The van der Waals surface area contributed by atoms with Crippen LogP contribution in [0, 0.1) is 12.7 Å². The number of carbonyl (C=O) groups is 1. The normalized spacial score (nSPS) is 12.9.